The van der Waals surface area contributed by atoms with E-state index >= 15 is 0 Å². The Morgan fingerprint density at radius 2 is 0.852 bits per heavy atom. The molecule has 0 atom stereocenters. The molecule has 9 aromatic carbocycles. The predicted octanol–water partition coefficient (Wildman–Crippen LogP) is 14.9. The minimum atomic E-state index is 0.862. The van der Waals surface area contributed by atoms with Crippen LogP contribution >= 0.6 is 0 Å². The van der Waals surface area contributed by atoms with Gasteiger partial charge in [-0.25, -0.2) is 0 Å². The SMILES string of the molecule is c1ccc(-c2cc(-c3ccccc3)cc(-c3ccc(N(c4cccc(-c5cccc6ccccc56)c4)c4cccc5c4oc4ccccc45)cc3)c2)cc1. The lowest BCUT2D eigenvalue weighted by atomic mass is 9.93. The maximum atomic E-state index is 6.64. The summed E-state index contributed by atoms with van der Waals surface area (Å²) in [6.45, 7) is 0. The second-order valence-electron chi connectivity index (χ2n) is 13.7. The largest absolute Gasteiger partial charge is 0.454 e. The molecule has 2 heteroatoms. The minimum absolute atomic E-state index is 0.862. The summed E-state index contributed by atoms with van der Waals surface area (Å²) in [5.74, 6) is 0. The molecular formula is C52H35NO. The Morgan fingerprint density at radius 1 is 0.315 bits per heavy atom. The maximum Gasteiger partial charge on any atom is 0.159 e. The Bertz CT molecular complexity index is 2860. The Labute approximate surface area is 314 Å². The van der Waals surface area contributed by atoms with Gasteiger partial charge in [-0.05, 0) is 110 Å². The molecule has 0 N–H and O–H groups in total. The van der Waals surface area contributed by atoms with E-state index < -0.39 is 0 Å². The fourth-order valence-corrected chi connectivity index (χ4v) is 7.82. The van der Waals surface area contributed by atoms with Gasteiger partial charge in [0.05, 0.1) is 5.69 Å². The van der Waals surface area contributed by atoms with Crippen molar-refractivity contribution in [1.82, 2.24) is 0 Å². The fraction of sp³-hybridized carbons (Fsp3) is 0. The molecule has 0 saturated carbocycles. The number of nitrogens with zero attached hydrogens (tertiary/aromatic N) is 1. The number of hydrogen-bond donors (Lipinski definition) is 0. The van der Waals surface area contributed by atoms with Crippen LogP contribution in [0.5, 0.6) is 0 Å². The van der Waals surface area contributed by atoms with E-state index in [1.807, 2.05) is 12.1 Å². The number of furan rings is 1. The molecular weight excluding hydrogens is 655 g/mol. The van der Waals surface area contributed by atoms with Crippen LogP contribution in [-0.2, 0) is 0 Å². The zero-order valence-electron chi connectivity index (χ0n) is 29.6. The number of rotatable bonds is 7. The van der Waals surface area contributed by atoms with Crippen LogP contribution in [-0.4, -0.2) is 0 Å². The van der Waals surface area contributed by atoms with Crippen molar-refractivity contribution in [3.8, 4) is 44.5 Å². The van der Waals surface area contributed by atoms with Gasteiger partial charge in [0.2, 0.25) is 0 Å². The van der Waals surface area contributed by atoms with Crippen LogP contribution in [0.1, 0.15) is 0 Å². The zero-order chi connectivity index (χ0) is 35.8. The summed E-state index contributed by atoms with van der Waals surface area (Å²) in [5.41, 5.74) is 14.3. The summed E-state index contributed by atoms with van der Waals surface area (Å²) < 4.78 is 6.64. The Kier molecular flexibility index (Phi) is 7.85. The average molecular weight is 690 g/mol. The summed E-state index contributed by atoms with van der Waals surface area (Å²) in [6.07, 6.45) is 0. The minimum Gasteiger partial charge on any atom is -0.454 e. The van der Waals surface area contributed by atoms with E-state index in [9.17, 15) is 0 Å². The summed E-state index contributed by atoms with van der Waals surface area (Å²) in [5, 5.41) is 4.68. The smallest absolute Gasteiger partial charge is 0.159 e. The van der Waals surface area contributed by atoms with Crippen LogP contribution in [0.15, 0.2) is 217 Å². The van der Waals surface area contributed by atoms with E-state index in [0.717, 1.165) is 50.1 Å². The first-order valence-corrected chi connectivity index (χ1v) is 18.4. The quantitative estimate of drug-likeness (QED) is 0.166. The number of benzene rings is 9. The second kappa shape index (κ2) is 13.4. The Hall–Kier alpha value is -7.16. The van der Waals surface area contributed by atoms with Gasteiger partial charge in [-0.1, -0.05) is 158 Å². The van der Waals surface area contributed by atoms with E-state index in [1.165, 1.54) is 44.2 Å². The monoisotopic (exact) mass is 689 g/mol. The fourth-order valence-electron chi connectivity index (χ4n) is 7.82. The molecule has 0 aliphatic carbocycles. The molecule has 2 nitrogen and oxygen atoms in total. The molecule has 10 aromatic rings. The van der Waals surface area contributed by atoms with Gasteiger partial charge in [0.25, 0.3) is 0 Å². The van der Waals surface area contributed by atoms with E-state index in [0.29, 0.717) is 0 Å². The summed E-state index contributed by atoms with van der Waals surface area (Å²) in [7, 11) is 0. The predicted molar refractivity (Wildman–Crippen MR) is 228 cm³/mol. The van der Waals surface area contributed by atoms with Crippen LogP contribution in [0, 0.1) is 0 Å². The second-order valence-corrected chi connectivity index (χ2v) is 13.7. The molecule has 1 aromatic heterocycles. The van der Waals surface area contributed by atoms with Gasteiger partial charge in [0, 0.05) is 22.1 Å². The number of para-hydroxylation sites is 2. The van der Waals surface area contributed by atoms with Crippen molar-refractivity contribution in [1.29, 1.82) is 0 Å². The first kappa shape index (κ1) is 31.6. The summed E-state index contributed by atoms with van der Waals surface area (Å²) in [4.78, 5) is 2.33. The number of fused-ring (bicyclic) bond motifs is 4. The molecule has 54 heavy (non-hydrogen) atoms. The highest BCUT2D eigenvalue weighted by molar-refractivity contribution is 6.10. The molecule has 0 unspecified atom stereocenters. The lowest BCUT2D eigenvalue weighted by Gasteiger charge is -2.26. The molecule has 0 radical (unpaired) electrons. The van der Waals surface area contributed by atoms with Crippen LogP contribution < -0.4 is 4.90 Å². The zero-order valence-corrected chi connectivity index (χ0v) is 29.6. The van der Waals surface area contributed by atoms with Crippen molar-refractivity contribution in [2.75, 3.05) is 4.90 Å². The van der Waals surface area contributed by atoms with Crippen LogP contribution in [0.4, 0.5) is 17.1 Å². The Balaban J connectivity index is 1.13. The molecule has 0 spiro atoms. The highest BCUT2D eigenvalue weighted by atomic mass is 16.3. The Morgan fingerprint density at radius 3 is 1.57 bits per heavy atom. The highest BCUT2D eigenvalue weighted by Crippen LogP contribution is 2.44. The molecule has 0 aliphatic rings. The third kappa shape index (κ3) is 5.71. The first-order chi connectivity index (χ1) is 26.8. The lowest BCUT2D eigenvalue weighted by molar-refractivity contribution is 0.669. The molecule has 0 amide bonds. The van der Waals surface area contributed by atoms with E-state index in [4.69, 9.17) is 4.42 Å². The van der Waals surface area contributed by atoms with Gasteiger partial charge in [0.1, 0.15) is 5.58 Å². The van der Waals surface area contributed by atoms with Crippen molar-refractivity contribution >= 4 is 49.8 Å². The van der Waals surface area contributed by atoms with Crippen molar-refractivity contribution in [3.05, 3.63) is 212 Å². The normalized spacial score (nSPS) is 11.3. The van der Waals surface area contributed by atoms with Crippen molar-refractivity contribution in [2.45, 2.75) is 0 Å². The van der Waals surface area contributed by atoms with Gasteiger partial charge in [-0.2, -0.15) is 0 Å². The van der Waals surface area contributed by atoms with Gasteiger partial charge in [-0.3, -0.25) is 0 Å². The third-order valence-corrected chi connectivity index (χ3v) is 10.4. The highest BCUT2D eigenvalue weighted by Gasteiger charge is 2.20. The topological polar surface area (TPSA) is 16.4 Å². The third-order valence-electron chi connectivity index (χ3n) is 10.4. The average Bonchev–Trinajstić information content (AvgIpc) is 3.64. The lowest BCUT2D eigenvalue weighted by Crippen LogP contribution is -2.10. The number of anilines is 3. The van der Waals surface area contributed by atoms with Crippen LogP contribution in [0.2, 0.25) is 0 Å². The molecule has 0 bridgehead atoms. The molecule has 0 aliphatic heterocycles. The molecule has 10 rings (SSSR count). The standard InChI is InChI=1S/C52H35NO/c1-3-14-36(15-4-1)41-32-42(37-16-5-2-6-17-37)34-43(33-41)38-28-30-44(31-29-38)53(50-26-13-25-49-48-23-9-10-27-51(48)54-52(49)50)45-21-11-20-40(35-45)47-24-12-19-39-18-7-8-22-46(39)47/h1-35H. The van der Waals surface area contributed by atoms with Gasteiger partial charge in [-0.15, -0.1) is 0 Å². The molecule has 254 valence electrons. The van der Waals surface area contributed by atoms with E-state index in [-0.39, 0.29) is 0 Å². The molecule has 0 saturated heterocycles. The van der Waals surface area contributed by atoms with Crippen molar-refractivity contribution < 1.29 is 4.42 Å². The van der Waals surface area contributed by atoms with Gasteiger partial charge in [0.15, 0.2) is 5.58 Å². The number of hydrogen-bond acceptors (Lipinski definition) is 2. The van der Waals surface area contributed by atoms with Gasteiger partial charge >= 0.3 is 0 Å². The molecule has 0 fully saturated rings. The summed E-state index contributed by atoms with van der Waals surface area (Å²) >= 11 is 0. The summed E-state index contributed by atoms with van der Waals surface area (Å²) in [6, 6.07) is 75.9. The van der Waals surface area contributed by atoms with Crippen molar-refractivity contribution in [3.63, 3.8) is 0 Å². The van der Waals surface area contributed by atoms with Crippen LogP contribution in [0.3, 0.4) is 0 Å². The van der Waals surface area contributed by atoms with Gasteiger partial charge < -0.3 is 9.32 Å². The molecule has 1 heterocycles. The van der Waals surface area contributed by atoms with E-state index in [2.05, 4.69) is 205 Å². The maximum absolute atomic E-state index is 6.64. The van der Waals surface area contributed by atoms with Crippen molar-refractivity contribution in [2.24, 2.45) is 0 Å². The first-order valence-electron chi connectivity index (χ1n) is 18.4. The van der Waals surface area contributed by atoms with Crippen LogP contribution in [0.25, 0.3) is 77.2 Å². The van der Waals surface area contributed by atoms with E-state index in [1.54, 1.807) is 0 Å².